The number of aryl methyl sites for hydroxylation is 1. The van der Waals surface area contributed by atoms with Crippen molar-refractivity contribution in [2.45, 2.75) is 17.9 Å². The van der Waals surface area contributed by atoms with Gasteiger partial charge in [-0.3, -0.25) is 9.52 Å². The molecule has 2 aromatic carbocycles. The fraction of sp³-hybridized carbons (Fsp3) is 0.350. The number of halogens is 1. The summed E-state index contributed by atoms with van der Waals surface area (Å²) in [6, 6.07) is 9.53. The molecule has 10 heteroatoms. The highest BCUT2D eigenvalue weighted by Crippen LogP contribution is 2.35. The Bertz CT molecular complexity index is 1070. The van der Waals surface area contributed by atoms with Crippen molar-refractivity contribution in [1.29, 1.82) is 0 Å². The number of nitrogens with one attached hydrogen (secondary N) is 1. The summed E-state index contributed by atoms with van der Waals surface area (Å²) in [6.07, 6.45) is -0.762. The quantitative estimate of drug-likeness (QED) is 0.698. The van der Waals surface area contributed by atoms with Gasteiger partial charge >= 0.3 is 0 Å². The van der Waals surface area contributed by atoms with Crippen LogP contribution in [0.15, 0.2) is 45.8 Å². The summed E-state index contributed by atoms with van der Waals surface area (Å²) < 4.78 is 45.7. The molecule has 0 radical (unpaired) electrons. The lowest BCUT2D eigenvalue weighted by Crippen LogP contribution is -2.50. The number of hydrogen-bond acceptors (Lipinski definition) is 6. The van der Waals surface area contributed by atoms with Gasteiger partial charge in [-0.1, -0.05) is 15.9 Å². The van der Waals surface area contributed by atoms with Gasteiger partial charge in [0, 0.05) is 29.3 Å². The van der Waals surface area contributed by atoms with Gasteiger partial charge in [-0.2, -0.15) is 0 Å². The molecule has 1 atom stereocenters. The van der Waals surface area contributed by atoms with Crippen LogP contribution in [-0.4, -0.2) is 58.2 Å². The molecule has 0 saturated carbocycles. The van der Waals surface area contributed by atoms with Crippen molar-refractivity contribution in [3.8, 4) is 11.5 Å². The fourth-order valence-electron chi connectivity index (χ4n) is 3.25. The van der Waals surface area contributed by atoms with Crippen molar-refractivity contribution < 1.29 is 27.4 Å². The van der Waals surface area contributed by atoms with E-state index >= 15 is 0 Å². The van der Waals surface area contributed by atoms with Crippen LogP contribution < -0.4 is 14.2 Å². The van der Waals surface area contributed by atoms with Crippen LogP contribution >= 0.6 is 15.9 Å². The Morgan fingerprint density at radius 3 is 2.63 bits per heavy atom. The summed E-state index contributed by atoms with van der Waals surface area (Å²) in [5.74, 6) is 0.468. The van der Waals surface area contributed by atoms with Crippen LogP contribution in [0.5, 0.6) is 11.5 Å². The standard InChI is InChI=1S/C20H21BrN2O6S/c1-13-10-14(2-4-16(13)21)22-30(25,26)15-3-5-17-18(11-15)28-12-19(29-17)20(24)23-6-8-27-9-7-23/h2-5,10-11,19,22H,6-9,12H2,1H3/t19-/m1/s1. The second-order valence-corrected chi connectivity index (χ2v) is 9.57. The molecule has 1 N–H and O–H groups in total. The molecule has 0 aromatic heterocycles. The zero-order chi connectivity index (χ0) is 21.3. The van der Waals surface area contributed by atoms with Crippen molar-refractivity contribution in [3.63, 3.8) is 0 Å². The molecule has 0 spiro atoms. The first kappa shape index (κ1) is 21.0. The first-order chi connectivity index (χ1) is 14.3. The molecule has 160 valence electrons. The van der Waals surface area contributed by atoms with E-state index in [1.807, 2.05) is 6.92 Å². The van der Waals surface area contributed by atoms with Crippen LogP contribution in [0.3, 0.4) is 0 Å². The van der Waals surface area contributed by atoms with Gasteiger partial charge < -0.3 is 19.1 Å². The van der Waals surface area contributed by atoms with Crippen LogP contribution in [0.1, 0.15) is 5.56 Å². The molecule has 30 heavy (non-hydrogen) atoms. The number of sulfonamides is 1. The Labute approximate surface area is 183 Å². The molecule has 0 aliphatic carbocycles. The molecule has 2 aromatic rings. The monoisotopic (exact) mass is 496 g/mol. The lowest BCUT2D eigenvalue weighted by molar-refractivity contribution is -0.145. The number of benzene rings is 2. The normalized spacial score (nSPS) is 18.7. The average molecular weight is 497 g/mol. The largest absolute Gasteiger partial charge is 0.485 e. The van der Waals surface area contributed by atoms with E-state index in [1.54, 1.807) is 23.1 Å². The van der Waals surface area contributed by atoms with E-state index in [4.69, 9.17) is 14.2 Å². The van der Waals surface area contributed by atoms with Crippen LogP contribution in [0.4, 0.5) is 5.69 Å². The highest BCUT2D eigenvalue weighted by atomic mass is 79.9. The van der Waals surface area contributed by atoms with E-state index in [0.29, 0.717) is 37.7 Å². The zero-order valence-electron chi connectivity index (χ0n) is 16.3. The highest BCUT2D eigenvalue weighted by molar-refractivity contribution is 9.10. The van der Waals surface area contributed by atoms with E-state index in [0.717, 1.165) is 10.0 Å². The van der Waals surface area contributed by atoms with Gasteiger partial charge in [0.2, 0.25) is 6.10 Å². The minimum Gasteiger partial charge on any atom is -0.485 e. The number of nitrogens with zero attached hydrogens (tertiary/aromatic N) is 1. The van der Waals surface area contributed by atoms with E-state index in [2.05, 4.69) is 20.7 Å². The molecule has 2 heterocycles. The molecule has 4 rings (SSSR count). The number of hydrogen-bond donors (Lipinski definition) is 1. The van der Waals surface area contributed by atoms with E-state index in [1.165, 1.54) is 18.2 Å². The van der Waals surface area contributed by atoms with Gasteiger partial charge in [0.1, 0.15) is 6.61 Å². The number of morpholine rings is 1. The van der Waals surface area contributed by atoms with Crippen molar-refractivity contribution in [2.24, 2.45) is 0 Å². The summed E-state index contributed by atoms with van der Waals surface area (Å²) >= 11 is 3.39. The van der Waals surface area contributed by atoms with Crippen LogP contribution in [0.2, 0.25) is 0 Å². The third-order valence-corrected chi connectivity index (χ3v) is 7.16. The van der Waals surface area contributed by atoms with Crippen molar-refractivity contribution in [2.75, 3.05) is 37.6 Å². The van der Waals surface area contributed by atoms with Crippen molar-refractivity contribution in [1.82, 2.24) is 4.90 Å². The van der Waals surface area contributed by atoms with Gasteiger partial charge in [-0.15, -0.1) is 0 Å². The molecule has 1 fully saturated rings. The van der Waals surface area contributed by atoms with Crippen LogP contribution in [0.25, 0.3) is 0 Å². The highest BCUT2D eigenvalue weighted by Gasteiger charge is 2.32. The molecular weight excluding hydrogens is 476 g/mol. The average Bonchev–Trinajstić information content (AvgIpc) is 2.75. The summed E-state index contributed by atoms with van der Waals surface area (Å²) in [5, 5.41) is 0. The smallest absolute Gasteiger partial charge is 0.267 e. The maximum atomic E-state index is 12.8. The number of amides is 1. The Kier molecular flexibility index (Phi) is 5.90. The predicted molar refractivity (Wildman–Crippen MR) is 113 cm³/mol. The Balaban J connectivity index is 1.49. The summed E-state index contributed by atoms with van der Waals surface area (Å²) in [7, 11) is -3.81. The lowest BCUT2D eigenvalue weighted by Gasteiger charge is -2.32. The number of anilines is 1. The lowest BCUT2D eigenvalue weighted by atomic mass is 10.2. The maximum absolute atomic E-state index is 12.8. The first-order valence-electron chi connectivity index (χ1n) is 9.42. The Hall–Kier alpha value is -2.30. The number of rotatable bonds is 4. The molecule has 0 bridgehead atoms. The molecule has 2 aliphatic heterocycles. The summed E-state index contributed by atoms with van der Waals surface area (Å²) in [5.41, 5.74) is 1.37. The van der Waals surface area contributed by atoms with E-state index in [-0.39, 0.29) is 23.2 Å². The van der Waals surface area contributed by atoms with Gasteiger partial charge in [-0.25, -0.2) is 8.42 Å². The molecule has 1 amide bonds. The Morgan fingerprint density at radius 1 is 1.13 bits per heavy atom. The van der Waals surface area contributed by atoms with Gasteiger partial charge in [0.25, 0.3) is 15.9 Å². The van der Waals surface area contributed by atoms with Gasteiger partial charge in [-0.05, 0) is 42.8 Å². The summed E-state index contributed by atoms with van der Waals surface area (Å²) in [6.45, 7) is 3.94. The molecule has 1 saturated heterocycles. The number of carbonyl (C=O) groups excluding carboxylic acids is 1. The third kappa shape index (κ3) is 4.40. The molecule has 0 unspecified atom stereocenters. The zero-order valence-corrected chi connectivity index (χ0v) is 18.7. The van der Waals surface area contributed by atoms with E-state index in [9.17, 15) is 13.2 Å². The predicted octanol–water partition coefficient (Wildman–Crippen LogP) is 2.56. The third-order valence-electron chi connectivity index (χ3n) is 4.89. The van der Waals surface area contributed by atoms with Crippen LogP contribution in [-0.2, 0) is 19.6 Å². The number of ether oxygens (including phenoxy) is 3. The number of fused-ring (bicyclic) bond motifs is 1. The Morgan fingerprint density at radius 2 is 1.90 bits per heavy atom. The first-order valence-corrected chi connectivity index (χ1v) is 11.7. The minimum absolute atomic E-state index is 0.0199. The topological polar surface area (TPSA) is 94.2 Å². The van der Waals surface area contributed by atoms with Crippen molar-refractivity contribution in [3.05, 3.63) is 46.4 Å². The molecule has 2 aliphatic rings. The molecular formula is C20H21BrN2O6S. The van der Waals surface area contributed by atoms with Crippen LogP contribution in [0, 0.1) is 6.92 Å². The second kappa shape index (κ2) is 8.44. The SMILES string of the molecule is Cc1cc(NS(=O)(=O)c2ccc3c(c2)OC[C@H](C(=O)N2CCOCC2)O3)ccc1Br. The number of carbonyl (C=O) groups is 1. The molecule has 8 nitrogen and oxygen atoms in total. The fourth-order valence-corrected chi connectivity index (χ4v) is 4.56. The van der Waals surface area contributed by atoms with E-state index < -0.39 is 16.1 Å². The summed E-state index contributed by atoms with van der Waals surface area (Å²) in [4.78, 5) is 14.3. The van der Waals surface area contributed by atoms with Gasteiger partial charge in [0.05, 0.1) is 18.1 Å². The van der Waals surface area contributed by atoms with Crippen molar-refractivity contribution >= 4 is 37.5 Å². The maximum Gasteiger partial charge on any atom is 0.267 e. The minimum atomic E-state index is -3.81. The second-order valence-electron chi connectivity index (χ2n) is 7.03. The van der Waals surface area contributed by atoms with Gasteiger partial charge in [0.15, 0.2) is 11.5 Å².